The van der Waals surface area contributed by atoms with Crippen molar-refractivity contribution in [3.8, 4) is 0 Å². The van der Waals surface area contributed by atoms with Gasteiger partial charge in [-0.3, -0.25) is 5.14 Å². The first kappa shape index (κ1) is 21.9. The molecule has 4 N–H and O–H groups in total. The molecule has 0 saturated carbocycles. The molecule has 1 atom stereocenters. The maximum atomic E-state index is 13.5. The van der Waals surface area contributed by atoms with Crippen molar-refractivity contribution >= 4 is 29.7 Å². The largest absolute Gasteiger partial charge is 0.444 e. The fourth-order valence-corrected chi connectivity index (χ4v) is 2.50. The SMILES string of the molecule is CCCNC(=O)OC1CCOC1.NSc1ccc(Nc2ncccn2)c(F)c1. The summed E-state index contributed by atoms with van der Waals surface area (Å²) in [5.74, 6) is -0.0301. The number of nitrogens with two attached hydrogens (primary N) is 1. The molecule has 1 fully saturated rings. The molecule has 2 aromatic rings. The van der Waals surface area contributed by atoms with Gasteiger partial charge in [-0.15, -0.1) is 0 Å². The van der Waals surface area contributed by atoms with Gasteiger partial charge in [0, 0.05) is 30.3 Å². The van der Waals surface area contributed by atoms with Crippen molar-refractivity contribution in [2.75, 3.05) is 25.1 Å². The Labute approximate surface area is 167 Å². The van der Waals surface area contributed by atoms with Crippen LogP contribution in [0.4, 0.5) is 20.8 Å². The zero-order valence-electron chi connectivity index (χ0n) is 15.6. The van der Waals surface area contributed by atoms with E-state index in [0.29, 0.717) is 36.3 Å². The molecule has 0 bridgehead atoms. The molecular weight excluding hydrogens is 385 g/mol. The summed E-state index contributed by atoms with van der Waals surface area (Å²) in [4.78, 5) is 19.5. The van der Waals surface area contributed by atoms with Gasteiger partial charge in [-0.05, 0) is 42.6 Å². The van der Waals surface area contributed by atoms with E-state index in [4.69, 9.17) is 14.6 Å². The summed E-state index contributed by atoms with van der Waals surface area (Å²) in [5, 5.41) is 10.7. The third-order valence-electron chi connectivity index (χ3n) is 3.57. The lowest BCUT2D eigenvalue weighted by Gasteiger charge is -2.10. The number of anilines is 2. The number of carbonyl (C=O) groups is 1. The quantitative estimate of drug-likeness (QED) is 0.624. The van der Waals surface area contributed by atoms with E-state index in [1.165, 1.54) is 6.07 Å². The molecule has 152 valence electrons. The van der Waals surface area contributed by atoms with Gasteiger partial charge in [0.1, 0.15) is 11.9 Å². The normalized spacial score (nSPS) is 15.3. The maximum absolute atomic E-state index is 13.5. The lowest BCUT2D eigenvalue weighted by Crippen LogP contribution is -2.29. The third-order valence-corrected chi connectivity index (χ3v) is 4.10. The van der Waals surface area contributed by atoms with Crippen LogP contribution < -0.4 is 15.8 Å². The number of nitrogens with one attached hydrogen (secondary N) is 2. The van der Waals surface area contributed by atoms with Gasteiger partial charge in [0.25, 0.3) is 0 Å². The van der Waals surface area contributed by atoms with Gasteiger partial charge in [-0.25, -0.2) is 19.2 Å². The Kier molecular flexibility index (Phi) is 9.46. The molecule has 10 heteroatoms. The number of amides is 1. The lowest BCUT2D eigenvalue weighted by molar-refractivity contribution is 0.0832. The summed E-state index contributed by atoms with van der Waals surface area (Å²) in [6.07, 6.45) is 4.54. The van der Waals surface area contributed by atoms with Crippen LogP contribution in [0.25, 0.3) is 0 Å². The van der Waals surface area contributed by atoms with Gasteiger partial charge < -0.3 is 20.1 Å². The lowest BCUT2D eigenvalue weighted by atomic mass is 10.3. The van der Waals surface area contributed by atoms with Crippen molar-refractivity contribution in [3.05, 3.63) is 42.5 Å². The zero-order chi connectivity index (χ0) is 20.2. The molecular formula is C18H24FN5O3S. The average Bonchev–Trinajstić information content (AvgIpc) is 3.22. The van der Waals surface area contributed by atoms with E-state index in [0.717, 1.165) is 24.8 Å². The number of carbonyl (C=O) groups excluding carboxylic acids is 1. The second-order valence-corrected chi connectivity index (χ2v) is 6.48. The van der Waals surface area contributed by atoms with Crippen LogP contribution in [0.1, 0.15) is 19.8 Å². The van der Waals surface area contributed by atoms with Gasteiger partial charge in [-0.1, -0.05) is 6.92 Å². The van der Waals surface area contributed by atoms with Gasteiger partial charge in [-0.2, -0.15) is 0 Å². The monoisotopic (exact) mass is 409 g/mol. The minimum absolute atomic E-state index is 0.0399. The number of rotatable bonds is 6. The minimum atomic E-state index is -0.386. The van der Waals surface area contributed by atoms with Crippen LogP contribution in [0.5, 0.6) is 0 Å². The van der Waals surface area contributed by atoms with E-state index in [-0.39, 0.29) is 18.0 Å². The molecule has 1 unspecified atom stereocenters. The van der Waals surface area contributed by atoms with Crippen LogP contribution in [-0.4, -0.2) is 41.9 Å². The third kappa shape index (κ3) is 7.67. The van der Waals surface area contributed by atoms with Crippen LogP contribution in [0.3, 0.4) is 0 Å². The van der Waals surface area contributed by atoms with Gasteiger partial charge in [0.05, 0.1) is 18.9 Å². The van der Waals surface area contributed by atoms with Crippen LogP contribution in [0.15, 0.2) is 41.6 Å². The van der Waals surface area contributed by atoms with Crippen molar-refractivity contribution in [1.82, 2.24) is 15.3 Å². The highest BCUT2D eigenvalue weighted by atomic mass is 32.2. The molecule has 28 heavy (non-hydrogen) atoms. The van der Waals surface area contributed by atoms with Crippen molar-refractivity contribution < 1.29 is 18.7 Å². The Morgan fingerprint density at radius 3 is 2.82 bits per heavy atom. The highest BCUT2D eigenvalue weighted by Gasteiger charge is 2.19. The van der Waals surface area contributed by atoms with Gasteiger partial charge >= 0.3 is 6.09 Å². The molecule has 0 radical (unpaired) electrons. The van der Waals surface area contributed by atoms with E-state index in [9.17, 15) is 9.18 Å². The zero-order valence-corrected chi connectivity index (χ0v) is 16.4. The molecule has 3 rings (SSSR count). The first-order chi connectivity index (χ1) is 13.6. The molecule has 1 saturated heterocycles. The number of nitrogens with zero attached hydrogens (tertiary/aromatic N) is 2. The van der Waals surface area contributed by atoms with E-state index in [2.05, 4.69) is 20.6 Å². The molecule has 0 aliphatic carbocycles. The Hall–Kier alpha value is -2.43. The molecule has 2 heterocycles. The Bertz CT molecular complexity index is 732. The second-order valence-electron chi connectivity index (χ2n) is 5.77. The predicted octanol–water partition coefficient (Wildman–Crippen LogP) is 3.24. The van der Waals surface area contributed by atoms with Crippen molar-refractivity contribution in [2.24, 2.45) is 5.14 Å². The molecule has 1 aliphatic rings. The summed E-state index contributed by atoms with van der Waals surface area (Å²) in [6.45, 7) is 3.91. The molecule has 8 nitrogen and oxygen atoms in total. The number of aromatic nitrogens is 2. The van der Waals surface area contributed by atoms with Gasteiger partial charge in [0.2, 0.25) is 5.95 Å². The number of halogens is 1. The van der Waals surface area contributed by atoms with E-state index >= 15 is 0 Å². The molecule has 1 aromatic heterocycles. The molecule has 1 aromatic carbocycles. The first-order valence-electron chi connectivity index (χ1n) is 8.85. The summed E-state index contributed by atoms with van der Waals surface area (Å²) < 4.78 is 23.6. The second kappa shape index (κ2) is 12.1. The Morgan fingerprint density at radius 2 is 2.21 bits per heavy atom. The van der Waals surface area contributed by atoms with E-state index < -0.39 is 0 Å². The van der Waals surface area contributed by atoms with Crippen LogP contribution in [0.2, 0.25) is 0 Å². The van der Waals surface area contributed by atoms with Crippen molar-refractivity contribution in [3.63, 3.8) is 0 Å². The average molecular weight is 409 g/mol. The molecule has 1 amide bonds. The minimum Gasteiger partial charge on any atom is -0.444 e. The summed E-state index contributed by atoms with van der Waals surface area (Å²) >= 11 is 0.999. The number of alkyl carbamates (subject to hydrolysis) is 1. The van der Waals surface area contributed by atoms with E-state index in [1.807, 2.05) is 6.92 Å². The maximum Gasteiger partial charge on any atom is 0.407 e. The van der Waals surface area contributed by atoms with Gasteiger partial charge in [0.15, 0.2) is 0 Å². The van der Waals surface area contributed by atoms with E-state index in [1.54, 1.807) is 30.6 Å². The standard InChI is InChI=1S/C10H9FN4S.C8H15NO3/c11-8-6-7(16-12)2-3-9(8)15-10-13-4-1-5-14-10;1-2-4-9-8(10)12-7-3-5-11-6-7/h1-6H,12H2,(H,13,14,15);7H,2-6H2,1H3,(H,9,10). The fraction of sp³-hybridized carbons (Fsp3) is 0.389. The summed E-state index contributed by atoms with van der Waals surface area (Å²) in [7, 11) is 0. The van der Waals surface area contributed by atoms with Crippen LogP contribution in [-0.2, 0) is 9.47 Å². The molecule has 1 aliphatic heterocycles. The predicted molar refractivity (Wildman–Crippen MR) is 106 cm³/mol. The Balaban J connectivity index is 0.000000209. The molecule has 0 spiro atoms. The first-order valence-corrected chi connectivity index (χ1v) is 9.73. The summed E-state index contributed by atoms with van der Waals surface area (Å²) in [5.41, 5.74) is 0.323. The fourth-order valence-electron chi connectivity index (χ4n) is 2.18. The number of hydrogen-bond acceptors (Lipinski definition) is 8. The smallest absolute Gasteiger partial charge is 0.407 e. The number of hydrogen-bond donors (Lipinski definition) is 3. The van der Waals surface area contributed by atoms with Crippen LogP contribution in [0, 0.1) is 5.82 Å². The highest BCUT2D eigenvalue weighted by Crippen LogP contribution is 2.22. The highest BCUT2D eigenvalue weighted by molar-refractivity contribution is 7.97. The topological polar surface area (TPSA) is 111 Å². The van der Waals surface area contributed by atoms with Crippen molar-refractivity contribution in [1.29, 1.82) is 0 Å². The Morgan fingerprint density at radius 1 is 1.43 bits per heavy atom. The van der Waals surface area contributed by atoms with Crippen LogP contribution >= 0.6 is 11.9 Å². The number of ether oxygens (including phenoxy) is 2. The summed E-state index contributed by atoms with van der Waals surface area (Å²) in [6, 6.07) is 6.37. The van der Waals surface area contributed by atoms with Crippen molar-refractivity contribution in [2.45, 2.75) is 30.8 Å². The number of benzene rings is 1.